The SMILES string of the molecule is CC(=O)Oc1ccc(OC(=O)N(C)CCN(CCCCCC[PH](c2ccccc2)(c2ccccc2)c2ccccc2)C(=O)Oc2ccc3nc(C#N)sc3c2)cc1OC(C)=O. The fraction of sp³-hybridized carbons (Fsp3) is 0.234. The van der Waals surface area contributed by atoms with Crippen LogP contribution in [0, 0.1) is 11.3 Å². The summed E-state index contributed by atoms with van der Waals surface area (Å²) in [4.78, 5) is 57.3. The predicted molar refractivity (Wildman–Crippen MR) is 240 cm³/mol. The van der Waals surface area contributed by atoms with Gasteiger partial charge in [-0.15, -0.1) is 11.3 Å². The molecule has 6 rings (SSSR count). The maximum absolute atomic E-state index is 13.8. The van der Waals surface area contributed by atoms with Crippen molar-refractivity contribution in [2.45, 2.75) is 39.5 Å². The number of nitriles is 1. The van der Waals surface area contributed by atoms with E-state index < -0.39 is 31.4 Å². The first-order chi connectivity index (χ1) is 29.5. The molecule has 0 saturated heterocycles. The summed E-state index contributed by atoms with van der Waals surface area (Å²) in [6.45, 7) is 3.03. The summed E-state index contributed by atoms with van der Waals surface area (Å²) < 4.78 is 22.4. The Balaban J connectivity index is 1.12. The van der Waals surface area contributed by atoms with Crippen molar-refractivity contribution in [2.75, 3.05) is 32.8 Å². The van der Waals surface area contributed by atoms with E-state index in [1.165, 1.54) is 64.2 Å². The smallest absolute Gasteiger partial charge is 0.308 e. The van der Waals surface area contributed by atoms with Gasteiger partial charge in [0.25, 0.3) is 0 Å². The fourth-order valence-electron chi connectivity index (χ4n) is 7.19. The number of thiazole rings is 1. The Bertz CT molecular complexity index is 2400. The van der Waals surface area contributed by atoms with Crippen LogP contribution in [0.4, 0.5) is 9.59 Å². The maximum Gasteiger partial charge on any atom is 0.308 e. The van der Waals surface area contributed by atoms with Crippen LogP contribution in [0.15, 0.2) is 127 Å². The molecule has 0 aliphatic heterocycles. The van der Waals surface area contributed by atoms with E-state index in [0.717, 1.165) is 30.1 Å². The summed E-state index contributed by atoms with van der Waals surface area (Å²) in [7, 11) is -0.828. The average molecular weight is 859 g/mol. The maximum atomic E-state index is 13.8. The van der Waals surface area contributed by atoms with E-state index in [-0.39, 0.29) is 30.3 Å². The zero-order valence-electron chi connectivity index (χ0n) is 34.2. The third-order valence-electron chi connectivity index (χ3n) is 10.1. The third-order valence-corrected chi connectivity index (χ3v) is 16.1. The number of hydrogen-bond acceptors (Lipinski definition) is 11. The van der Waals surface area contributed by atoms with Gasteiger partial charge < -0.3 is 9.47 Å². The monoisotopic (exact) mass is 858 g/mol. The first kappa shape index (κ1) is 44.0. The van der Waals surface area contributed by atoms with Crippen molar-refractivity contribution in [1.29, 1.82) is 5.26 Å². The zero-order valence-corrected chi connectivity index (χ0v) is 36.1. The second-order valence-corrected chi connectivity index (χ2v) is 19.4. The number of likely N-dealkylation sites (N-methyl/N-ethyl adjacent to an activating group) is 1. The van der Waals surface area contributed by atoms with E-state index in [9.17, 15) is 24.4 Å². The Morgan fingerprint density at radius 1 is 0.623 bits per heavy atom. The number of nitrogens with zero attached hydrogens (tertiary/aromatic N) is 4. The number of rotatable bonds is 17. The molecule has 0 atom stereocenters. The topological polar surface area (TPSA) is 148 Å². The number of aromatic nitrogens is 1. The van der Waals surface area contributed by atoms with Gasteiger partial charge in [0.1, 0.15) is 11.8 Å². The van der Waals surface area contributed by atoms with Crippen LogP contribution in [0.5, 0.6) is 23.0 Å². The molecule has 0 N–H and O–H groups in total. The number of amides is 2. The molecule has 0 spiro atoms. The van der Waals surface area contributed by atoms with Gasteiger partial charge in [0, 0.05) is 19.9 Å². The van der Waals surface area contributed by atoms with Crippen LogP contribution in [-0.4, -0.2) is 71.8 Å². The molecule has 0 bridgehead atoms. The predicted octanol–water partition coefficient (Wildman–Crippen LogP) is 8.24. The molecule has 14 heteroatoms. The Labute approximate surface area is 359 Å². The summed E-state index contributed by atoms with van der Waals surface area (Å²) in [6, 6.07) is 43.6. The number of hydrogen-bond donors (Lipinski definition) is 0. The molecule has 0 unspecified atom stereocenters. The van der Waals surface area contributed by atoms with Gasteiger partial charge in [-0.3, -0.25) is 9.59 Å². The molecule has 0 aliphatic rings. The molecule has 314 valence electrons. The van der Waals surface area contributed by atoms with Crippen molar-refractivity contribution < 1.29 is 38.1 Å². The summed E-state index contributed by atoms with van der Waals surface area (Å²) in [5.41, 5.74) is 0.637. The summed E-state index contributed by atoms with van der Waals surface area (Å²) in [5.74, 6) is -0.990. The van der Waals surface area contributed by atoms with Crippen LogP contribution >= 0.6 is 18.6 Å². The Morgan fingerprint density at radius 3 is 1.75 bits per heavy atom. The standard InChI is InChI=1S/C47H47N4O8PS/c1-34(52)56-42-26-24-36(31-43(42)57-35(2)53)58-46(54)50(3)28-29-51(47(55)59-37-23-25-41-44(32-37)61-45(33-48)49-41)27-15-4-5-16-30-60(38-17-9-6-10-18-38,39-19-11-7-12-20-39)40-21-13-8-14-22-40/h6-14,17-26,31-32,60H,4-5,15-16,27-30H2,1-3H3. The molecule has 2 amide bonds. The second-order valence-electron chi connectivity index (χ2n) is 14.4. The Hall–Kier alpha value is -6.61. The summed E-state index contributed by atoms with van der Waals surface area (Å²) >= 11 is 1.21. The van der Waals surface area contributed by atoms with E-state index in [2.05, 4.69) is 96.0 Å². The molecule has 0 fully saturated rings. The minimum atomic E-state index is -2.37. The Kier molecular flexibility index (Phi) is 15.2. The van der Waals surface area contributed by atoms with Crippen LogP contribution in [0.25, 0.3) is 10.2 Å². The first-order valence-corrected chi connectivity index (χ1v) is 23.0. The molecule has 0 saturated carbocycles. The molecule has 6 aromatic rings. The van der Waals surface area contributed by atoms with Crippen molar-refractivity contribution in [3.8, 4) is 29.1 Å². The van der Waals surface area contributed by atoms with Gasteiger partial charge in [0.2, 0.25) is 0 Å². The van der Waals surface area contributed by atoms with Gasteiger partial charge >= 0.3 is 254 Å². The molecular weight excluding hydrogens is 812 g/mol. The van der Waals surface area contributed by atoms with Gasteiger partial charge in [-0.1, -0.05) is 0 Å². The number of ether oxygens (including phenoxy) is 4. The van der Waals surface area contributed by atoms with Crippen molar-refractivity contribution in [3.05, 3.63) is 132 Å². The summed E-state index contributed by atoms with van der Waals surface area (Å²) in [6.07, 6.45) is 3.22. The van der Waals surface area contributed by atoms with Gasteiger partial charge in [0.15, 0.2) is 16.5 Å². The largest absolute Gasteiger partial charge is 0.423 e. The van der Waals surface area contributed by atoms with Gasteiger partial charge in [-0.2, -0.15) is 5.26 Å². The van der Waals surface area contributed by atoms with Crippen molar-refractivity contribution in [1.82, 2.24) is 14.8 Å². The summed E-state index contributed by atoms with van der Waals surface area (Å²) in [5, 5.41) is 13.7. The Morgan fingerprint density at radius 2 is 1.16 bits per heavy atom. The van der Waals surface area contributed by atoms with Crippen LogP contribution in [-0.2, 0) is 9.59 Å². The first-order valence-electron chi connectivity index (χ1n) is 19.9. The quantitative estimate of drug-likeness (QED) is 0.0380. The molecule has 12 nitrogen and oxygen atoms in total. The number of esters is 2. The molecule has 5 aromatic carbocycles. The van der Waals surface area contributed by atoms with E-state index >= 15 is 0 Å². The van der Waals surface area contributed by atoms with Gasteiger partial charge in [-0.05, 0) is 12.1 Å². The number of fused-ring (bicyclic) bond motifs is 1. The minimum Gasteiger partial charge on any atom is -0.423 e. The van der Waals surface area contributed by atoms with Crippen LogP contribution < -0.4 is 34.9 Å². The van der Waals surface area contributed by atoms with Crippen molar-refractivity contribution in [2.24, 2.45) is 0 Å². The molecule has 61 heavy (non-hydrogen) atoms. The van der Waals surface area contributed by atoms with Crippen molar-refractivity contribution in [3.63, 3.8) is 0 Å². The van der Waals surface area contributed by atoms with E-state index in [0.29, 0.717) is 29.2 Å². The fourth-order valence-corrected chi connectivity index (χ4v) is 12.9. The number of unbranched alkanes of at least 4 members (excludes halogenated alkanes) is 3. The molecule has 0 aliphatic carbocycles. The van der Waals surface area contributed by atoms with Crippen LogP contribution in [0.1, 0.15) is 44.5 Å². The number of carbonyl (C=O) groups is 4. The molecule has 1 aromatic heterocycles. The molecule has 0 radical (unpaired) electrons. The second kappa shape index (κ2) is 21.1. The van der Waals surface area contributed by atoms with Gasteiger partial charge in [-0.25, -0.2) is 4.98 Å². The molecular formula is C47H47N4O8PS. The average Bonchev–Trinajstić information content (AvgIpc) is 3.68. The third kappa shape index (κ3) is 11.6. The van der Waals surface area contributed by atoms with Gasteiger partial charge in [0.05, 0.1) is 5.52 Å². The van der Waals surface area contributed by atoms with E-state index in [1.807, 2.05) is 6.07 Å². The van der Waals surface area contributed by atoms with Crippen LogP contribution in [0.2, 0.25) is 0 Å². The zero-order chi connectivity index (χ0) is 43.2. The number of carbonyl (C=O) groups excluding carboxylic acids is 4. The normalized spacial score (nSPS) is 11.2. The number of benzene rings is 5. The van der Waals surface area contributed by atoms with Crippen molar-refractivity contribution >= 4 is 68.9 Å². The molecule has 1 heterocycles. The van der Waals surface area contributed by atoms with E-state index in [1.54, 1.807) is 30.1 Å². The van der Waals surface area contributed by atoms with E-state index in [4.69, 9.17) is 18.9 Å². The minimum absolute atomic E-state index is 0.00464. The van der Waals surface area contributed by atoms with Crippen LogP contribution in [0.3, 0.4) is 0 Å².